The molecule has 0 saturated carbocycles. The molecule has 1 rings (SSSR count). The summed E-state index contributed by atoms with van der Waals surface area (Å²) in [6.45, 7) is 3.53. The van der Waals surface area contributed by atoms with Gasteiger partial charge in [0.05, 0.1) is 12.1 Å². The minimum atomic E-state index is -0.891. The van der Waals surface area contributed by atoms with Crippen molar-refractivity contribution in [1.82, 2.24) is 14.8 Å². The van der Waals surface area contributed by atoms with Gasteiger partial charge >= 0.3 is 0 Å². The SMILES string of the molecule is CC(CC(C)(N)C#N)n1cnc(C#N)n1. The van der Waals surface area contributed by atoms with Crippen molar-refractivity contribution in [1.29, 1.82) is 10.5 Å². The zero-order chi connectivity index (χ0) is 11.5. The zero-order valence-electron chi connectivity index (χ0n) is 8.68. The van der Waals surface area contributed by atoms with Gasteiger partial charge in [-0.05, 0) is 13.8 Å². The quantitative estimate of drug-likeness (QED) is 0.764. The molecule has 0 aliphatic carbocycles. The lowest BCUT2D eigenvalue weighted by Crippen LogP contribution is -2.36. The molecule has 1 aromatic heterocycles. The Labute approximate surface area is 87.9 Å². The fraction of sp³-hybridized carbons (Fsp3) is 0.556. The first kappa shape index (κ1) is 11.2. The molecule has 1 aromatic rings. The molecule has 0 bridgehead atoms. The summed E-state index contributed by atoms with van der Waals surface area (Å²) in [4.78, 5) is 3.78. The molecule has 0 aliphatic heterocycles. The third-order valence-corrected chi connectivity index (χ3v) is 2.03. The molecule has 0 aromatic carbocycles. The number of rotatable bonds is 3. The molecule has 78 valence electrons. The van der Waals surface area contributed by atoms with Crippen molar-refractivity contribution >= 4 is 0 Å². The van der Waals surface area contributed by atoms with Gasteiger partial charge in [0, 0.05) is 6.42 Å². The summed E-state index contributed by atoms with van der Waals surface area (Å²) in [6, 6.07) is 3.79. The number of nitrogens with two attached hydrogens (primary N) is 1. The molecule has 2 N–H and O–H groups in total. The van der Waals surface area contributed by atoms with Crippen LogP contribution in [0.1, 0.15) is 32.1 Å². The van der Waals surface area contributed by atoms with E-state index in [0.717, 1.165) is 0 Å². The standard InChI is InChI=1S/C9H12N6/c1-7(3-9(2,12)5-11)15-6-13-8(4-10)14-15/h6-7H,3,12H2,1-2H3. The topological polar surface area (TPSA) is 104 Å². The molecule has 0 aliphatic rings. The Morgan fingerprint density at radius 3 is 2.80 bits per heavy atom. The third kappa shape index (κ3) is 2.76. The van der Waals surface area contributed by atoms with Gasteiger partial charge in [0.15, 0.2) is 0 Å². The summed E-state index contributed by atoms with van der Waals surface area (Å²) in [6.07, 6.45) is 1.93. The molecule has 0 amide bonds. The fourth-order valence-electron chi connectivity index (χ4n) is 1.29. The largest absolute Gasteiger partial charge is 0.314 e. The van der Waals surface area contributed by atoms with Crippen LogP contribution >= 0.6 is 0 Å². The second kappa shape index (κ2) is 4.07. The highest BCUT2D eigenvalue weighted by molar-refractivity contribution is 5.06. The van der Waals surface area contributed by atoms with Crippen LogP contribution < -0.4 is 5.73 Å². The van der Waals surface area contributed by atoms with Crippen LogP contribution in [-0.4, -0.2) is 20.3 Å². The molecule has 1 heterocycles. The van der Waals surface area contributed by atoms with Crippen molar-refractivity contribution in [2.45, 2.75) is 31.8 Å². The van der Waals surface area contributed by atoms with Gasteiger partial charge in [-0.3, -0.25) is 0 Å². The van der Waals surface area contributed by atoms with E-state index in [1.54, 1.807) is 11.6 Å². The van der Waals surface area contributed by atoms with Crippen molar-refractivity contribution < 1.29 is 0 Å². The van der Waals surface area contributed by atoms with Crippen LogP contribution in [0.4, 0.5) is 0 Å². The van der Waals surface area contributed by atoms with E-state index in [0.29, 0.717) is 6.42 Å². The maximum Gasteiger partial charge on any atom is 0.252 e. The lowest BCUT2D eigenvalue weighted by atomic mass is 9.97. The van der Waals surface area contributed by atoms with Crippen LogP contribution in [0, 0.1) is 22.7 Å². The Hall–Kier alpha value is -1.92. The van der Waals surface area contributed by atoms with Crippen LogP contribution in [-0.2, 0) is 0 Å². The molecular formula is C9H12N6. The number of hydrogen-bond donors (Lipinski definition) is 1. The van der Waals surface area contributed by atoms with Gasteiger partial charge in [0.25, 0.3) is 5.82 Å². The van der Waals surface area contributed by atoms with Crippen molar-refractivity contribution in [2.75, 3.05) is 0 Å². The van der Waals surface area contributed by atoms with E-state index in [1.807, 2.05) is 19.1 Å². The van der Waals surface area contributed by atoms with Gasteiger partial charge in [0.1, 0.15) is 17.9 Å². The Kier molecular flexibility index (Phi) is 3.03. The van der Waals surface area contributed by atoms with Crippen LogP contribution in [0.5, 0.6) is 0 Å². The minimum absolute atomic E-state index is 0.0609. The Morgan fingerprint density at radius 1 is 1.67 bits per heavy atom. The number of aromatic nitrogens is 3. The number of hydrogen-bond acceptors (Lipinski definition) is 5. The van der Waals surface area contributed by atoms with Gasteiger partial charge in [-0.1, -0.05) is 0 Å². The smallest absolute Gasteiger partial charge is 0.252 e. The summed E-state index contributed by atoms with van der Waals surface area (Å²) in [5.74, 6) is 0.123. The van der Waals surface area contributed by atoms with Crippen LogP contribution in [0.25, 0.3) is 0 Å². The second-order valence-electron chi connectivity index (χ2n) is 3.74. The van der Waals surface area contributed by atoms with E-state index in [4.69, 9.17) is 16.3 Å². The molecular weight excluding hydrogens is 192 g/mol. The molecule has 0 radical (unpaired) electrons. The van der Waals surface area contributed by atoms with E-state index < -0.39 is 5.54 Å². The van der Waals surface area contributed by atoms with E-state index in [-0.39, 0.29) is 11.9 Å². The van der Waals surface area contributed by atoms with Gasteiger partial charge in [0.2, 0.25) is 0 Å². The van der Waals surface area contributed by atoms with E-state index in [9.17, 15) is 0 Å². The molecule has 0 spiro atoms. The first-order valence-electron chi connectivity index (χ1n) is 4.50. The maximum absolute atomic E-state index is 8.77. The predicted octanol–water partition coefficient (Wildman–Crippen LogP) is 0.342. The normalized spacial score (nSPS) is 16.1. The van der Waals surface area contributed by atoms with Gasteiger partial charge in [-0.25, -0.2) is 9.67 Å². The summed E-state index contributed by atoms with van der Waals surface area (Å²) >= 11 is 0. The third-order valence-electron chi connectivity index (χ3n) is 2.03. The predicted molar refractivity (Wildman–Crippen MR) is 52.3 cm³/mol. The Morgan fingerprint density at radius 2 is 2.33 bits per heavy atom. The van der Waals surface area contributed by atoms with E-state index in [1.165, 1.54) is 6.33 Å². The van der Waals surface area contributed by atoms with Crippen molar-refractivity contribution in [2.24, 2.45) is 5.73 Å². The molecule has 6 heteroatoms. The molecule has 6 nitrogen and oxygen atoms in total. The van der Waals surface area contributed by atoms with Crippen LogP contribution in [0.15, 0.2) is 6.33 Å². The highest BCUT2D eigenvalue weighted by Crippen LogP contribution is 2.16. The van der Waals surface area contributed by atoms with Crippen LogP contribution in [0.3, 0.4) is 0 Å². The summed E-state index contributed by atoms with van der Waals surface area (Å²) in [5, 5.41) is 21.2. The molecule has 2 atom stereocenters. The van der Waals surface area contributed by atoms with E-state index in [2.05, 4.69) is 10.1 Å². The van der Waals surface area contributed by atoms with Gasteiger partial charge in [-0.15, -0.1) is 5.10 Å². The minimum Gasteiger partial charge on any atom is -0.314 e. The van der Waals surface area contributed by atoms with Gasteiger partial charge < -0.3 is 5.73 Å². The maximum atomic E-state index is 8.77. The van der Waals surface area contributed by atoms with Crippen LogP contribution in [0.2, 0.25) is 0 Å². The second-order valence-corrected chi connectivity index (χ2v) is 3.74. The highest BCUT2D eigenvalue weighted by Gasteiger charge is 2.22. The zero-order valence-corrected chi connectivity index (χ0v) is 8.68. The number of nitriles is 2. The van der Waals surface area contributed by atoms with Gasteiger partial charge in [-0.2, -0.15) is 10.5 Å². The summed E-state index contributed by atoms with van der Waals surface area (Å²) in [7, 11) is 0. The molecule has 15 heavy (non-hydrogen) atoms. The molecule has 0 saturated heterocycles. The average Bonchev–Trinajstić information content (AvgIpc) is 2.65. The first-order chi connectivity index (χ1) is 6.98. The van der Waals surface area contributed by atoms with E-state index >= 15 is 0 Å². The van der Waals surface area contributed by atoms with Crippen molar-refractivity contribution in [3.05, 3.63) is 12.2 Å². The van der Waals surface area contributed by atoms with Crippen molar-refractivity contribution in [3.8, 4) is 12.1 Å². The lowest BCUT2D eigenvalue weighted by Gasteiger charge is -2.20. The highest BCUT2D eigenvalue weighted by atomic mass is 15.3. The lowest BCUT2D eigenvalue weighted by molar-refractivity contribution is 0.385. The monoisotopic (exact) mass is 204 g/mol. The summed E-state index contributed by atoms with van der Waals surface area (Å²) in [5.41, 5.74) is 4.82. The average molecular weight is 204 g/mol. The number of nitrogens with zero attached hydrogens (tertiary/aromatic N) is 5. The Balaban J connectivity index is 2.75. The molecule has 2 unspecified atom stereocenters. The molecule has 0 fully saturated rings. The first-order valence-corrected chi connectivity index (χ1v) is 4.50. The Bertz CT molecular complexity index is 419. The van der Waals surface area contributed by atoms with Crippen molar-refractivity contribution in [3.63, 3.8) is 0 Å². The summed E-state index contributed by atoms with van der Waals surface area (Å²) < 4.78 is 1.54. The fourth-order valence-corrected chi connectivity index (χ4v) is 1.29.